The Hall–Kier alpha value is -2.19. The Bertz CT molecular complexity index is 506. The molecule has 1 amide bonds. The summed E-state index contributed by atoms with van der Waals surface area (Å²) in [6, 6.07) is 0. The van der Waals surface area contributed by atoms with Gasteiger partial charge in [0.2, 0.25) is 0 Å². The maximum absolute atomic E-state index is 11.2. The van der Waals surface area contributed by atoms with Crippen LogP contribution in [-0.4, -0.2) is 67.4 Å². The van der Waals surface area contributed by atoms with Crippen LogP contribution < -0.4 is 5.32 Å². The summed E-state index contributed by atoms with van der Waals surface area (Å²) in [5.41, 5.74) is -0.792. The van der Waals surface area contributed by atoms with Gasteiger partial charge in [0.05, 0.1) is 0 Å². The van der Waals surface area contributed by atoms with Crippen molar-refractivity contribution in [3.8, 4) is 0 Å². The van der Waals surface area contributed by atoms with Crippen molar-refractivity contribution in [2.45, 2.75) is 25.7 Å². The largest absolute Gasteiger partial charge is 0.449 e. The molecule has 0 saturated carbocycles. The second kappa shape index (κ2) is 16.0. The molecule has 2 heterocycles. The van der Waals surface area contributed by atoms with Crippen LogP contribution in [-0.2, 0) is 19.1 Å². The number of hydrogen-bond donors (Lipinski definition) is 1. The van der Waals surface area contributed by atoms with E-state index in [2.05, 4.69) is 23.2 Å². The standard InChI is InChI=1S/C9H13NO3.C5H9NO.C4H5ClO2/c1-2-7-13-9(12)10-5-3-8(11)4-6-10;7-5-1-3-6-4-2-5;1-2-3-7-4(5)6/h2H,1,3-7H2;6H,1-4H2;2H,1,3H2. The molecule has 2 fully saturated rings. The molecule has 152 valence electrons. The molecule has 2 saturated heterocycles. The van der Waals surface area contributed by atoms with Crippen LogP contribution in [0, 0.1) is 0 Å². The highest BCUT2D eigenvalue weighted by atomic mass is 35.5. The number of ketones is 2. The normalized spacial score (nSPS) is 16.0. The molecule has 0 bridgehead atoms. The summed E-state index contributed by atoms with van der Waals surface area (Å²) in [6.45, 7) is 9.88. The van der Waals surface area contributed by atoms with Crippen molar-refractivity contribution < 1.29 is 28.7 Å². The lowest BCUT2D eigenvalue weighted by Gasteiger charge is -2.24. The van der Waals surface area contributed by atoms with E-state index in [0.29, 0.717) is 31.7 Å². The number of carbonyl (C=O) groups excluding carboxylic acids is 4. The van der Waals surface area contributed by atoms with Gasteiger partial charge in [-0.3, -0.25) is 9.59 Å². The van der Waals surface area contributed by atoms with Crippen molar-refractivity contribution in [3.63, 3.8) is 0 Å². The van der Waals surface area contributed by atoms with Crippen LogP contribution in [0.2, 0.25) is 0 Å². The molecule has 0 aromatic rings. The van der Waals surface area contributed by atoms with Gasteiger partial charge in [0.15, 0.2) is 0 Å². The van der Waals surface area contributed by atoms with Crippen LogP contribution in [0.3, 0.4) is 0 Å². The van der Waals surface area contributed by atoms with Crippen molar-refractivity contribution in [3.05, 3.63) is 25.3 Å². The smallest absolute Gasteiger partial charge is 0.410 e. The maximum Gasteiger partial charge on any atom is 0.410 e. The van der Waals surface area contributed by atoms with E-state index in [0.717, 1.165) is 25.9 Å². The van der Waals surface area contributed by atoms with E-state index < -0.39 is 5.43 Å². The molecule has 2 aliphatic rings. The fraction of sp³-hybridized carbons (Fsp3) is 0.556. The highest BCUT2D eigenvalue weighted by Gasteiger charge is 2.21. The number of ether oxygens (including phenoxy) is 2. The lowest BCUT2D eigenvalue weighted by Crippen LogP contribution is -2.38. The van der Waals surface area contributed by atoms with Crippen LogP contribution in [0.25, 0.3) is 0 Å². The number of hydrogen-bond acceptors (Lipinski definition) is 7. The van der Waals surface area contributed by atoms with Crippen molar-refractivity contribution in [1.82, 2.24) is 10.2 Å². The van der Waals surface area contributed by atoms with E-state index in [-0.39, 0.29) is 25.1 Å². The molecule has 2 rings (SSSR count). The first-order valence-electron chi connectivity index (χ1n) is 8.60. The highest BCUT2D eigenvalue weighted by molar-refractivity contribution is 6.61. The summed E-state index contributed by atoms with van der Waals surface area (Å²) in [4.78, 5) is 43.7. The molecule has 8 nitrogen and oxygen atoms in total. The number of Topliss-reactive ketones (excluding diaryl/α,β-unsaturated/α-hetero) is 2. The number of nitrogens with one attached hydrogen (secondary N) is 1. The second-order valence-electron chi connectivity index (χ2n) is 5.52. The minimum absolute atomic E-state index is 0.183. The lowest BCUT2D eigenvalue weighted by atomic mass is 10.1. The minimum atomic E-state index is -0.792. The first-order chi connectivity index (χ1) is 12.9. The number of rotatable bonds is 4. The predicted octanol–water partition coefficient (Wildman–Crippen LogP) is 2.46. The van der Waals surface area contributed by atoms with E-state index in [9.17, 15) is 19.2 Å². The zero-order valence-electron chi connectivity index (χ0n) is 15.4. The Labute approximate surface area is 164 Å². The van der Waals surface area contributed by atoms with Gasteiger partial charge in [-0.2, -0.15) is 0 Å². The van der Waals surface area contributed by atoms with Gasteiger partial charge < -0.3 is 19.7 Å². The molecule has 27 heavy (non-hydrogen) atoms. The van der Waals surface area contributed by atoms with Crippen molar-refractivity contribution in [2.24, 2.45) is 0 Å². The number of amides is 1. The Balaban J connectivity index is 0.000000410. The molecular weight excluding hydrogens is 376 g/mol. The van der Waals surface area contributed by atoms with E-state index in [4.69, 9.17) is 16.3 Å². The molecule has 1 N–H and O–H groups in total. The summed E-state index contributed by atoms with van der Waals surface area (Å²) in [5, 5.41) is 3.09. The summed E-state index contributed by atoms with van der Waals surface area (Å²) < 4.78 is 9.02. The van der Waals surface area contributed by atoms with Gasteiger partial charge in [0, 0.05) is 63.5 Å². The monoisotopic (exact) mass is 402 g/mol. The molecule has 9 heteroatoms. The van der Waals surface area contributed by atoms with Crippen LogP contribution >= 0.6 is 11.6 Å². The Morgan fingerprint density at radius 1 is 0.963 bits per heavy atom. The minimum Gasteiger partial charge on any atom is -0.449 e. The molecule has 0 unspecified atom stereocenters. The fourth-order valence-corrected chi connectivity index (χ4v) is 2.05. The van der Waals surface area contributed by atoms with E-state index in [1.54, 1.807) is 4.90 Å². The number of carbonyl (C=O) groups is 4. The molecule has 2 aliphatic heterocycles. The predicted molar refractivity (Wildman–Crippen MR) is 102 cm³/mol. The Kier molecular flexibility index (Phi) is 14.7. The van der Waals surface area contributed by atoms with Gasteiger partial charge in [0.1, 0.15) is 24.8 Å². The average molecular weight is 403 g/mol. The molecular formula is C18H27ClN2O6. The topological polar surface area (TPSA) is 102 Å². The van der Waals surface area contributed by atoms with Gasteiger partial charge in [-0.25, -0.2) is 9.59 Å². The van der Waals surface area contributed by atoms with E-state index in [1.165, 1.54) is 12.2 Å². The first-order valence-corrected chi connectivity index (χ1v) is 8.98. The van der Waals surface area contributed by atoms with Gasteiger partial charge in [-0.05, 0) is 0 Å². The van der Waals surface area contributed by atoms with E-state index in [1.807, 2.05) is 0 Å². The zero-order valence-corrected chi connectivity index (χ0v) is 16.2. The summed E-state index contributed by atoms with van der Waals surface area (Å²) >= 11 is 4.75. The quantitative estimate of drug-likeness (QED) is 0.569. The third-order valence-corrected chi connectivity index (χ3v) is 3.49. The van der Waals surface area contributed by atoms with Crippen molar-refractivity contribution >= 4 is 34.7 Å². The van der Waals surface area contributed by atoms with Crippen molar-refractivity contribution in [2.75, 3.05) is 39.4 Å². The van der Waals surface area contributed by atoms with Gasteiger partial charge in [-0.15, -0.1) is 0 Å². The SMILES string of the molecule is C=CCOC(=O)Cl.C=CCOC(=O)N1CCC(=O)CC1.O=C1CCNCC1. The van der Waals surface area contributed by atoms with Crippen LogP contribution in [0.1, 0.15) is 25.7 Å². The number of likely N-dealkylation sites (tertiary alicyclic amines) is 1. The van der Waals surface area contributed by atoms with Crippen molar-refractivity contribution in [1.29, 1.82) is 0 Å². The van der Waals surface area contributed by atoms with Crippen LogP contribution in [0.15, 0.2) is 25.3 Å². The number of piperidine rings is 2. The maximum atomic E-state index is 11.2. The molecule has 0 radical (unpaired) electrons. The van der Waals surface area contributed by atoms with Gasteiger partial charge in [0.25, 0.3) is 0 Å². The number of halogens is 1. The van der Waals surface area contributed by atoms with Crippen LogP contribution in [0.4, 0.5) is 9.59 Å². The molecule has 0 aliphatic carbocycles. The Morgan fingerprint density at radius 3 is 1.81 bits per heavy atom. The average Bonchev–Trinajstić information content (AvgIpc) is 2.66. The molecule has 0 atom stereocenters. The highest BCUT2D eigenvalue weighted by Crippen LogP contribution is 2.06. The molecule has 0 aromatic heterocycles. The van der Waals surface area contributed by atoms with Gasteiger partial charge in [-0.1, -0.05) is 25.3 Å². The fourth-order valence-electron chi connectivity index (χ4n) is 1.99. The summed E-state index contributed by atoms with van der Waals surface area (Å²) in [6.07, 6.45) is 4.98. The summed E-state index contributed by atoms with van der Waals surface area (Å²) in [5.74, 6) is 0.617. The molecule has 0 aromatic carbocycles. The zero-order chi connectivity index (χ0) is 20.5. The third-order valence-electron chi connectivity index (χ3n) is 3.38. The van der Waals surface area contributed by atoms with Crippen LogP contribution in [0.5, 0.6) is 0 Å². The number of nitrogens with zero attached hydrogens (tertiary/aromatic N) is 1. The van der Waals surface area contributed by atoms with E-state index >= 15 is 0 Å². The third kappa shape index (κ3) is 14.6. The second-order valence-corrected chi connectivity index (χ2v) is 5.83. The molecule has 0 spiro atoms. The lowest BCUT2D eigenvalue weighted by molar-refractivity contribution is -0.121. The Morgan fingerprint density at radius 2 is 1.44 bits per heavy atom. The summed E-state index contributed by atoms with van der Waals surface area (Å²) in [7, 11) is 0. The van der Waals surface area contributed by atoms with Gasteiger partial charge >= 0.3 is 11.5 Å². The first kappa shape index (κ1) is 24.8.